The van der Waals surface area contributed by atoms with Crippen molar-refractivity contribution in [2.24, 2.45) is 0 Å². The third-order valence-electron chi connectivity index (χ3n) is 3.10. The lowest BCUT2D eigenvalue weighted by Gasteiger charge is -2.11. The van der Waals surface area contributed by atoms with Gasteiger partial charge in [-0.3, -0.25) is 0 Å². The zero-order chi connectivity index (χ0) is 15.6. The van der Waals surface area contributed by atoms with Crippen LogP contribution in [0.5, 0.6) is 5.75 Å². The molecular formula is C15H17ClN2O3. The van der Waals surface area contributed by atoms with Crippen LogP contribution in [0.4, 0.5) is 0 Å². The number of benzene rings is 1. The summed E-state index contributed by atoms with van der Waals surface area (Å²) in [5, 5.41) is 4.62. The van der Waals surface area contributed by atoms with Crippen molar-refractivity contribution < 1.29 is 14.3 Å². The quantitative estimate of drug-likeness (QED) is 0.812. The fourth-order valence-electron chi connectivity index (χ4n) is 2.06. The Kier molecular flexibility index (Phi) is 4.53. The van der Waals surface area contributed by atoms with Gasteiger partial charge in [-0.15, -0.1) is 0 Å². The summed E-state index contributed by atoms with van der Waals surface area (Å²) in [6.07, 6.45) is 0. The largest absolute Gasteiger partial charge is 0.497 e. The number of esters is 1. The minimum atomic E-state index is -0.547. The molecule has 0 unspecified atom stereocenters. The van der Waals surface area contributed by atoms with E-state index in [2.05, 4.69) is 5.10 Å². The number of carbonyl (C=O) groups is 1. The van der Waals surface area contributed by atoms with Gasteiger partial charge in [0, 0.05) is 0 Å². The highest BCUT2D eigenvalue weighted by molar-refractivity contribution is 6.34. The SMILES string of the molecule is COC(=O)c1nn(-c2ccc(OC)cc2)c(C(C)C)c1Cl. The maximum atomic E-state index is 11.8. The molecular weight excluding hydrogens is 292 g/mol. The van der Waals surface area contributed by atoms with Crippen molar-refractivity contribution in [3.8, 4) is 11.4 Å². The molecule has 0 atom stereocenters. The molecule has 2 rings (SSSR count). The van der Waals surface area contributed by atoms with Crippen molar-refractivity contribution in [1.82, 2.24) is 9.78 Å². The average Bonchev–Trinajstić information content (AvgIpc) is 2.84. The molecule has 0 N–H and O–H groups in total. The molecule has 0 aliphatic carbocycles. The van der Waals surface area contributed by atoms with Crippen molar-refractivity contribution in [3.63, 3.8) is 0 Å². The second kappa shape index (κ2) is 6.18. The van der Waals surface area contributed by atoms with Crippen molar-refractivity contribution in [3.05, 3.63) is 40.7 Å². The zero-order valence-electron chi connectivity index (χ0n) is 12.4. The highest BCUT2D eigenvalue weighted by Crippen LogP contribution is 2.30. The van der Waals surface area contributed by atoms with Crippen LogP contribution < -0.4 is 4.74 Å². The second-order valence-corrected chi connectivity index (χ2v) is 5.18. The molecule has 0 aliphatic rings. The van der Waals surface area contributed by atoms with Crippen LogP contribution in [0.3, 0.4) is 0 Å². The van der Waals surface area contributed by atoms with E-state index in [4.69, 9.17) is 21.1 Å². The van der Waals surface area contributed by atoms with E-state index in [9.17, 15) is 4.79 Å². The van der Waals surface area contributed by atoms with Crippen LogP contribution in [0.1, 0.15) is 35.9 Å². The normalized spacial score (nSPS) is 10.8. The lowest BCUT2D eigenvalue weighted by Crippen LogP contribution is -2.05. The van der Waals surface area contributed by atoms with Gasteiger partial charge in [0.25, 0.3) is 0 Å². The number of rotatable bonds is 4. The molecule has 21 heavy (non-hydrogen) atoms. The van der Waals surface area contributed by atoms with Gasteiger partial charge in [-0.1, -0.05) is 25.4 Å². The van der Waals surface area contributed by atoms with Crippen LogP contribution in [0.2, 0.25) is 5.02 Å². The molecule has 1 aromatic carbocycles. The predicted octanol–water partition coefficient (Wildman–Crippen LogP) is 3.44. The third-order valence-corrected chi connectivity index (χ3v) is 3.48. The first kappa shape index (κ1) is 15.4. The zero-order valence-corrected chi connectivity index (χ0v) is 13.1. The molecule has 0 amide bonds. The van der Waals surface area contributed by atoms with Crippen molar-refractivity contribution in [2.45, 2.75) is 19.8 Å². The van der Waals surface area contributed by atoms with Crippen LogP contribution in [0, 0.1) is 0 Å². The molecule has 1 heterocycles. The van der Waals surface area contributed by atoms with Gasteiger partial charge >= 0.3 is 5.97 Å². The van der Waals surface area contributed by atoms with Gasteiger partial charge in [0.1, 0.15) is 5.75 Å². The van der Waals surface area contributed by atoms with Crippen LogP contribution in [0.15, 0.2) is 24.3 Å². The van der Waals surface area contributed by atoms with Crippen molar-refractivity contribution in [2.75, 3.05) is 14.2 Å². The molecule has 0 saturated carbocycles. The lowest BCUT2D eigenvalue weighted by atomic mass is 10.1. The van der Waals surface area contributed by atoms with Crippen LogP contribution >= 0.6 is 11.6 Å². The molecule has 5 nitrogen and oxygen atoms in total. The molecule has 0 fully saturated rings. The topological polar surface area (TPSA) is 53.3 Å². The molecule has 2 aromatic rings. The Morgan fingerprint density at radius 3 is 2.33 bits per heavy atom. The molecule has 0 radical (unpaired) electrons. The second-order valence-electron chi connectivity index (χ2n) is 4.80. The number of nitrogens with zero attached hydrogens (tertiary/aromatic N) is 2. The minimum absolute atomic E-state index is 0.102. The van der Waals surface area contributed by atoms with Gasteiger partial charge in [-0.25, -0.2) is 9.48 Å². The highest BCUT2D eigenvalue weighted by atomic mass is 35.5. The van der Waals surface area contributed by atoms with E-state index in [0.29, 0.717) is 5.02 Å². The van der Waals surface area contributed by atoms with E-state index in [-0.39, 0.29) is 11.6 Å². The Balaban J connectivity index is 2.58. The summed E-state index contributed by atoms with van der Waals surface area (Å²) in [4.78, 5) is 11.8. The summed E-state index contributed by atoms with van der Waals surface area (Å²) in [7, 11) is 2.91. The summed E-state index contributed by atoms with van der Waals surface area (Å²) < 4.78 is 11.5. The summed E-state index contributed by atoms with van der Waals surface area (Å²) in [5.74, 6) is 0.302. The number of ether oxygens (including phenoxy) is 2. The minimum Gasteiger partial charge on any atom is -0.497 e. The van der Waals surface area contributed by atoms with E-state index >= 15 is 0 Å². The molecule has 0 bridgehead atoms. The maximum absolute atomic E-state index is 11.8. The van der Waals surface area contributed by atoms with Crippen LogP contribution in [-0.4, -0.2) is 30.0 Å². The number of carbonyl (C=O) groups excluding carboxylic acids is 1. The first-order valence-corrected chi connectivity index (χ1v) is 6.88. The molecule has 0 spiro atoms. The summed E-state index contributed by atoms with van der Waals surface area (Å²) >= 11 is 6.30. The molecule has 0 saturated heterocycles. The smallest absolute Gasteiger partial charge is 0.360 e. The van der Waals surface area contributed by atoms with E-state index in [1.165, 1.54) is 7.11 Å². The van der Waals surface area contributed by atoms with Gasteiger partial charge < -0.3 is 9.47 Å². The standard InChI is InChI=1S/C15H17ClN2O3/c1-9(2)14-12(16)13(15(19)21-4)17-18(14)10-5-7-11(20-3)8-6-10/h5-9H,1-4H3. The Morgan fingerprint density at radius 1 is 1.24 bits per heavy atom. The van der Waals surface area contributed by atoms with E-state index < -0.39 is 5.97 Å². The maximum Gasteiger partial charge on any atom is 0.360 e. The number of hydrogen-bond donors (Lipinski definition) is 0. The van der Waals surface area contributed by atoms with E-state index in [0.717, 1.165) is 17.1 Å². The fraction of sp³-hybridized carbons (Fsp3) is 0.333. The van der Waals surface area contributed by atoms with Crippen molar-refractivity contribution in [1.29, 1.82) is 0 Å². The molecule has 0 aliphatic heterocycles. The fourth-order valence-corrected chi connectivity index (χ4v) is 2.47. The lowest BCUT2D eigenvalue weighted by molar-refractivity contribution is 0.0593. The number of aromatic nitrogens is 2. The molecule has 112 valence electrons. The van der Waals surface area contributed by atoms with Gasteiger partial charge in [-0.2, -0.15) is 5.10 Å². The average molecular weight is 309 g/mol. The van der Waals surface area contributed by atoms with E-state index in [1.54, 1.807) is 11.8 Å². The number of halogens is 1. The summed E-state index contributed by atoms with van der Waals surface area (Å²) in [6.45, 7) is 3.98. The Morgan fingerprint density at radius 2 is 1.86 bits per heavy atom. The van der Waals surface area contributed by atoms with Crippen LogP contribution in [-0.2, 0) is 4.74 Å². The van der Waals surface area contributed by atoms with Gasteiger partial charge in [0.2, 0.25) is 0 Å². The first-order chi connectivity index (χ1) is 9.99. The Bertz CT molecular complexity index is 648. The third kappa shape index (κ3) is 2.88. The van der Waals surface area contributed by atoms with Gasteiger partial charge in [-0.05, 0) is 30.2 Å². The van der Waals surface area contributed by atoms with E-state index in [1.807, 2.05) is 38.1 Å². The van der Waals surface area contributed by atoms with Gasteiger partial charge in [0.05, 0.1) is 30.6 Å². The molecule has 1 aromatic heterocycles. The predicted molar refractivity (Wildman–Crippen MR) is 80.6 cm³/mol. The number of methoxy groups -OCH3 is 2. The Labute approximate surface area is 128 Å². The summed E-state index contributed by atoms with van der Waals surface area (Å²) in [5.41, 5.74) is 1.69. The monoisotopic (exact) mass is 308 g/mol. The summed E-state index contributed by atoms with van der Waals surface area (Å²) in [6, 6.07) is 7.36. The number of hydrogen-bond acceptors (Lipinski definition) is 4. The highest BCUT2D eigenvalue weighted by Gasteiger charge is 2.24. The van der Waals surface area contributed by atoms with Crippen molar-refractivity contribution >= 4 is 17.6 Å². The van der Waals surface area contributed by atoms with Crippen LogP contribution in [0.25, 0.3) is 5.69 Å². The first-order valence-electron chi connectivity index (χ1n) is 6.50. The Hall–Kier alpha value is -2.01. The van der Waals surface area contributed by atoms with Gasteiger partial charge in [0.15, 0.2) is 5.69 Å². The molecule has 6 heteroatoms.